The van der Waals surface area contributed by atoms with Crippen molar-refractivity contribution in [1.82, 2.24) is 0 Å². The number of allylic oxidation sites excluding steroid dienone is 2. The molecule has 88 valence electrons. The average Bonchev–Trinajstić information content (AvgIpc) is 2.20. The summed E-state index contributed by atoms with van der Waals surface area (Å²) in [5, 5.41) is 0. The first-order valence-corrected chi connectivity index (χ1v) is 6.40. The molecular formula is C14H27N. The van der Waals surface area contributed by atoms with Crippen molar-refractivity contribution in [1.29, 1.82) is 0 Å². The van der Waals surface area contributed by atoms with E-state index >= 15 is 0 Å². The molecule has 0 N–H and O–H groups in total. The Morgan fingerprint density at radius 1 is 0.933 bits per heavy atom. The van der Waals surface area contributed by atoms with Crippen LogP contribution < -0.4 is 0 Å². The lowest BCUT2D eigenvalue weighted by molar-refractivity contribution is 0.622. The van der Waals surface area contributed by atoms with Gasteiger partial charge in [-0.15, -0.1) is 0 Å². The second-order valence-corrected chi connectivity index (χ2v) is 4.27. The van der Waals surface area contributed by atoms with E-state index in [1.165, 1.54) is 50.7 Å². The summed E-state index contributed by atoms with van der Waals surface area (Å²) >= 11 is 0. The van der Waals surface area contributed by atoms with Gasteiger partial charge in [-0.25, -0.2) is 0 Å². The van der Waals surface area contributed by atoms with Crippen LogP contribution in [0, 0.1) is 0 Å². The average molecular weight is 209 g/mol. The Hall–Kier alpha value is -0.590. The molecule has 0 aromatic carbocycles. The van der Waals surface area contributed by atoms with Crippen molar-refractivity contribution < 1.29 is 0 Å². The predicted molar refractivity (Wildman–Crippen MR) is 70.8 cm³/mol. The van der Waals surface area contributed by atoms with Crippen molar-refractivity contribution in [3.05, 3.63) is 12.2 Å². The number of hydrogen-bond donors (Lipinski definition) is 0. The summed E-state index contributed by atoms with van der Waals surface area (Å²) in [5.74, 6) is 0. The maximum Gasteiger partial charge on any atom is 0.0388 e. The van der Waals surface area contributed by atoms with Gasteiger partial charge in [0.1, 0.15) is 0 Å². The zero-order valence-electron chi connectivity index (χ0n) is 10.8. The van der Waals surface area contributed by atoms with Crippen LogP contribution in [0.2, 0.25) is 0 Å². The van der Waals surface area contributed by atoms with Gasteiger partial charge in [-0.05, 0) is 39.5 Å². The fourth-order valence-electron chi connectivity index (χ4n) is 1.49. The molecule has 0 saturated heterocycles. The Morgan fingerprint density at radius 3 is 2.27 bits per heavy atom. The molecule has 1 nitrogen and oxygen atoms in total. The van der Waals surface area contributed by atoms with E-state index in [2.05, 4.69) is 37.9 Å². The molecule has 0 radical (unpaired) electrons. The minimum atomic E-state index is 1.03. The second kappa shape index (κ2) is 11.5. The van der Waals surface area contributed by atoms with Crippen LogP contribution >= 0.6 is 0 Å². The monoisotopic (exact) mass is 209 g/mol. The molecule has 0 aromatic rings. The molecule has 0 spiro atoms. The van der Waals surface area contributed by atoms with Gasteiger partial charge in [0.15, 0.2) is 0 Å². The molecule has 0 unspecified atom stereocenters. The maximum atomic E-state index is 4.39. The van der Waals surface area contributed by atoms with Gasteiger partial charge >= 0.3 is 0 Å². The lowest BCUT2D eigenvalue weighted by atomic mass is 10.1. The Labute approximate surface area is 95.7 Å². The van der Waals surface area contributed by atoms with Gasteiger partial charge in [0.05, 0.1) is 0 Å². The van der Waals surface area contributed by atoms with Crippen molar-refractivity contribution in [2.45, 2.75) is 65.7 Å². The predicted octanol–water partition coefficient (Wildman–Crippen LogP) is 4.77. The van der Waals surface area contributed by atoms with E-state index in [4.69, 9.17) is 0 Å². The summed E-state index contributed by atoms with van der Waals surface area (Å²) in [4.78, 5) is 4.39. The number of aliphatic imine (C=N–C) groups is 1. The third kappa shape index (κ3) is 13.4. The molecule has 0 saturated carbocycles. The second-order valence-electron chi connectivity index (χ2n) is 4.27. The van der Waals surface area contributed by atoms with Crippen molar-refractivity contribution in [3.63, 3.8) is 0 Å². The Bertz CT molecular complexity index is 176. The summed E-state index contributed by atoms with van der Waals surface area (Å²) in [5.41, 5.74) is 1.21. The summed E-state index contributed by atoms with van der Waals surface area (Å²) in [6, 6.07) is 0. The summed E-state index contributed by atoms with van der Waals surface area (Å²) in [6.07, 6.45) is 13.7. The van der Waals surface area contributed by atoms with Gasteiger partial charge < -0.3 is 0 Å². The fourth-order valence-corrected chi connectivity index (χ4v) is 1.49. The van der Waals surface area contributed by atoms with E-state index in [-0.39, 0.29) is 0 Å². The highest BCUT2D eigenvalue weighted by Crippen LogP contribution is 2.06. The quantitative estimate of drug-likeness (QED) is 0.294. The molecular weight excluding hydrogens is 182 g/mol. The van der Waals surface area contributed by atoms with Gasteiger partial charge in [0, 0.05) is 12.3 Å². The Balaban J connectivity index is 3.05. The van der Waals surface area contributed by atoms with Gasteiger partial charge in [-0.3, -0.25) is 4.99 Å². The van der Waals surface area contributed by atoms with Crippen LogP contribution in [0.25, 0.3) is 0 Å². The molecule has 0 aliphatic heterocycles. The highest BCUT2D eigenvalue weighted by atomic mass is 14.7. The fraction of sp³-hybridized carbons (Fsp3) is 0.786. The Kier molecular flexibility index (Phi) is 11.0. The first-order valence-electron chi connectivity index (χ1n) is 6.40. The first kappa shape index (κ1) is 14.4. The minimum Gasteiger partial charge on any atom is -0.295 e. The number of unbranched alkanes of at least 4 members (excludes halogenated alkanes) is 5. The zero-order chi connectivity index (χ0) is 11.4. The number of nitrogens with zero attached hydrogens (tertiary/aromatic N) is 1. The third-order valence-electron chi connectivity index (χ3n) is 2.36. The summed E-state index contributed by atoms with van der Waals surface area (Å²) < 4.78 is 0. The Morgan fingerprint density at radius 2 is 1.60 bits per heavy atom. The zero-order valence-corrected chi connectivity index (χ0v) is 10.8. The highest BCUT2D eigenvalue weighted by molar-refractivity contribution is 5.78. The molecule has 0 aliphatic carbocycles. The number of rotatable bonds is 9. The molecule has 0 rings (SSSR count). The van der Waals surface area contributed by atoms with Crippen molar-refractivity contribution in [2.24, 2.45) is 4.99 Å². The topological polar surface area (TPSA) is 12.4 Å². The van der Waals surface area contributed by atoms with Crippen LogP contribution in [0.4, 0.5) is 0 Å². The molecule has 15 heavy (non-hydrogen) atoms. The molecule has 0 aliphatic rings. The van der Waals surface area contributed by atoms with E-state index in [1.807, 2.05) is 0 Å². The van der Waals surface area contributed by atoms with Crippen LogP contribution in [0.3, 0.4) is 0 Å². The van der Waals surface area contributed by atoms with Crippen LogP contribution in [0.5, 0.6) is 0 Å². The van der Waals surface area contributed by atoms with Crippen LogP contribution in [-0.2, 0) is 0 Å². The molecule has 0 aromatic heterocycles. The van der Waals surface area contributed by atoms with Crippen molar-refractivity contribution >= 4 is 5.71 Å². The van der Waals surface area contributed by atoms with Gasteiger partial charge in [-0.2, -0.15) is 0 Å². The van der Waals surface area contributed by atoms with E-state index in [1.54, 1.807) is 0 Å². The minimum absolute atomic E-state index is 1.03. The molecule has 0 atom stereocenters. The summed E-state index contributed by atoms with van der Waals surface area (Å²) in [6.45, 7) is 7.35. The van der Waals surface area contributed by atoms with E-state index < -0.39 is 0 Å². The van der Waals surface area contributed by atoms with E-state index in [9.17, 15) is 0 Å². The van der Waals surface area contributed by atoms with E-state index in [0.29, 0.717) is 0 Å². The van der Waals surface area contributed by atoms with Crippen LogP contribution in [-0.4, -0.2) is 12.3 Å². The molecule has 0 amide bonds. The van der Waals surface area contributed by atoms with Crippen LogP contribution in [0.1, 0.15) is 65.7 Å². The van der Waals surface area contributed by atoms with Gasteiger partial charge in [0.25, 0.3) is 0 Å². The molecule has 1 heteroatoms. The highest BCUT2D eigenvalue weighted by Gasteiger charge is 1.89. The first-order chi connectivity index (χ1) is 7.27. The normalized spacial score (nSPS) is 10.9. The van der Waals surface area contributed by atoms with E-state index in [0.717, 1.165) is 6.54 Å². The van der Waals surface area contributed by atoms with Crippen LogP contribution in [0.15, 0.2) is 17.1 Å². The maximum absolute atomic E-state index is 4.39. The lowest BCUT2D eigenvalue weighted by Crippen LogP contribution is -1.87. The van der Waals surface area contributed by atoms with Gasteiger partial charge in [0.2, 0.25) is 0 Å². The molecule has 0 heterocycles. The third-order valence-corrected chi connectivity index (χ3v) is 2.36. The molecule has 0 fully saturated rings. The lowest BCUT2D eigenvalue weighted by Gasteiger charge is -1.98. The SMILES string of the molecule is CCC=CCCCCCCCN=C(C)C. The summed E-state index contributed by atoms with van der Waals surface area (Å²) in [7, 11) is 0. The molecule has 0 bridgehead atoms. The van der Waals surface area contributed by atoms with Crippen molar-refractivity contribution in [3.8, 4) is 0 Å². The van der Waals surface area contributed by atoms with Crippen molar-refractivity contribution in [2.75, 3.05) is 6.54 Å². The largest absolute Gasteiger partial charge is 0.295 e. The number of hydrogen-bond acceptors (Lipinski definition) is 1. The smallest absolute Gasteiger partial charge is 0.0388 e. The van der Waals surface area contributed by atoms with Gasteiger partial charge in [-0.1, -0.05) is 38.3 Å². The standard InChI is InChI=1S/C14H27N/c1-4-5-6-7-8-9-10-11-12-13-15-14(2)3/h5-6H,4,7-13H2,1-3H3.